The van der Waals surface area contributed by atoms with E-state index in [-0.39, 0.29) is 22.8 Å². The van der Waals surface area contributed by atoms with E-state index in [4.69, 9.17) is 0 Å². The first-order valence-electron chi connectivity index (χ1n) is 7.02. The van der Waals surface area contributed by atoms with Crippen molar-refractivity contribution >= 4 is 33.5 Å². The minimum absolute atomic E-state index is 0.0809. The van der Waals surface area contributed by atoms with E-state index in [9.17, 15) is 25.3 Å². The van der Waals surface area contributed by atoms with Crippen molar-refractivity contribution in [3.05, 3.63) is 74.8 Å². The summed E-state index contributed by atoms with van der Waals surface area (Å²) in [6, 6.07) is 12.8. The van der Waals surface area contributed by atoms with E-state index >= 15 is 0 Å². The first kappa shape index (κ1) is 16.0. The normalized spacial score (nSPS) is 11.0. The molecule has 0 bridgehead atoms. The molecule has 3 aromatic carbocycles. The quantitative estimate of drug-likeness (QED) is 0.415. The average Bonchev–Trinajstić information content (AvgIpc) is 2.60. The second-order valence-electron chi connectivity index (χ2n) is 5.04. The van der Waals surface area contributed by atoms with Crippen molar-refractivity contribution in [3.8, 4) is 5.75 Å². The fraction of sp³-hybridized carbons (Fsp3) is 0. The Morgan fingerprint density at radius 2 is 1.48 bits per heavy atom. The molecule has 1 N–H and O–H groups in total. The standard InChI is InChI=1S/C16H10N4O5/c21-15-9-14(20(24)25)12-3-1-2-4-13(12)16(15)18-17-10-5-7-11(8-6-10)19(22)23/h1-9,21H. The van der Waals surface area contributed by atoms with Gasteiger partial charge in [-0.2, -0.15) is 5.11 Å². The second-order valence-corrected chi connectivity index (χ2v) is 5.04. The van der Waals surface area contributed by atoms with Crippen LogP contribution in [0.2, 0.25) is 0 Å². The lowest BCUT2D eigenvalue weighted by molar-refractivity contribution is -0.384. The number of hydrogen-bond acceptors (Lipinski definition) is 7. The molecule has 3 aromatic rings. The Hall–Kier alpha value is -3.88. The summed E-state index contributed by atoms with van der Waals surface area (Å²) < 4.78 is 0. The summed E-state index contributed by atoms with van der Waals surface area (Å²) in [5.41, 5.74) is 0.108. The van der Waals surface area contributed by atoms with Crippen LogP contribution in [-0.2, 0) is 0 Å². The Kier molecular flexibility index (Phi) is 4.04. The molecule has 0 radical (unpaired) electrons. The van der Waals surface area contributed by atoms with Gasteiger partial charge in [-0.3, -0.25) is 20.2 Å². The van der Waals surface area contributed by atoms with Crippen LogP contribution in [0.15, 0.2) is 64.8 Å². The predicted molar refractivity (Wildman–Crippen MR) is 89.5 cm³/mol. The minimum atomic E-state index is -0.584. The number of fused-ring (bicyclic) bond motifs is 1. The highest BCUT2D eigenvalue weighted by atomic mass is 16.6. The summed E-state index contributed by atoms with van der Waals surface area (Å²) >= 11 is 0. The van der Waals surface area contributed by atoms with Gasteiger partial charge < -0.3 is 5.11 Å². The third kappa shape index (κ3) is 3.11. The Morgan fingerprint density at radius 1 is 0.840 bits per heavy atom. The van der Waals surface area contributed by atoms with Gasteiger partial charge in [-0.05, 0) is 18.2 Å². The van der Waals surface area contributed by atoms with Gasteiger partial charge in [0.2, 0.25) is 0 Å². The van der Waals surface area contributed by atoms with Gasteiger partial charge in [0.1, 0.15) is 5.69 Å². The van der Waals surface area contributed by atoms with Crippen LogP contribution in [0.4, 0.5) is 22.7 Å². The first-order valence-corrected chi connectivity index (χ1v) is 7.02. The van der Waals surface area contributed by atoms with Gasteiger partial charge in [0.25, 0.3) is 11.4 Å². The van der Waals surface area contributed by atoms with E-state index < -0.39 is 9.85 Å². The summed E-state index contributed by atoms with van der Waals surface area (Å²) in [6.07, 6.45) is 0. The monoisotopic (exact) mass is 338 g/mol. The van der Waals surface area contributed by atoms with Crippen LogP contribution in [0.25, 0.3) is 10.8 Å². The van der Waals surface area contributed by atoms with Crippen molar-refractivity contribution in [1.29, 1.82) is 0 Å². The highest BCUT2D eigenvalue weighted by Gasteiger charge is 2.18. The minimum Gasteiger partial charge on any atom is -0.505 e. The molecule has 0 aliphatic heterocycles. The third-order valence-electron chi connectivity index (χ3n) is 3.50. The zero-order chi connectivity index (χ0) is 18.0. The van der Waals surface area contributed by atoms with Crippen LogP contribution in [0.5, 0.6) is 5.75 Å². The zero-order valence-electron chi connectivity index (χ0n) is 12.6. The Bertz CT molecular complexity index is 1010. The molecular weight excluding hydrogens is 328 g/mol. The molecule has 0 aromatic heterocycles. The third-order valence-corrected chi connectivity index (χ3v) is 3.50. The van der Waals surface area contributed by atoms with E-state index in [0.717, 1.165) is 6.07 Å². The number of phenols is 1. The Morgan fingerprint density at radius 3 is 2.08 bits per heavy atom. The van der Waals surface area contributed by atoms with Crippen molar-refractivity contribution in [1.82, 2.24) is 0 Å². The molecular formula is C16H10N4O5. The van der Waals surface area contributed by atoms with Gasteiger partial charge in [0, 0.05) is 17.5 Å². The number of nitro groups is 2. The molecule has 0 aliphatic rings. The highest BCUT2D eigenvalue weighted by Crippen LogP contribution is 2.41. The van der Waals surface area contributed by atoms with Crippen LogP contribution >= 0.6 is 0 Å². The molecule has 0 unspecified atom stereocenters. The lowest BCUT2D eigenvalue weighted by atomic mass is 10.1. The number of non-ortho nitro benzene ring substituents is 2. The van der Waals surface area contributed by atoms with Gasteiger partial charge in [0.05, 0.1) is 27.0 Å². The number of aromatic hydroxyl groups is 1. The fourth-order valence-corrected chi connectivity index (χ4v) is 2.33. The molecule has 9 nitrogen and oxygen atoms in total. The number of rotatable bonds is 4. The summed E-state index contributed by atoms with van der Waals surface area (Å²) in [5.74, 6) is -0.379. The predicted octanol–water partition coefficient (Wildman–Crippen LogP) is 4.78. The van der Waals surface area contributed by atoms with E-state index in [1.54, 1.807) is 24.3 Å². The molecule has 124 valence electrons. The van der Waals surface area contributed by atoms with Gasteiger partial charge in [-0.25, -0.2) is 0 Å². The van der Waals surface area contributed by atoms with Crippen molar-refractivity contribution in [2.75, 3.05) is 0 Å². The van der Waals surface area contributed by atoms with E-state index in [0.29, 0.717) is 16.5 Å². The average molecular weight is 338 g/mol. The van der Waals surface area contributed by atoms with Crippen molar-refractivity contribution in [2.24, 2.45) is 10.2 Å². The molecule has 3 rings (SSSR count). The lowest BCUT2D eigenvalue weighted by Gasteiger charge is -2.05. The maximum absolute atomic E-state index is 11.1. The number of nitrogens with zero attached hydrogens (tertiary/aromatic N) is 4. The Balaban J connectivity index is 2.07. The number of azo groups is 1. The maximum Gasteiger partial charge on any atom is 0.281 e. The highest BCUT2D eigenvalue weighted by molar-refractivity contribution is 6.01. The summed E-state index contributed by atoms with van der Waals surface area (Å²) in [7, 11) is 0. The SMILES string of the molecule is O=[N+]([O-])c1ccc(N=Nc2c(O)cc([N+](=O)[O-])c3ccccc23)cc1. The van der Waals surface area contributed by atoms with Crippen LogP contribution in [0.1, 0.15) is 0 Å². The largest absolute Gasteiger partial charge is 0.505 e. The first-order chi connectivity index (χ1) is 12.0. The van der Waals surface area contributed by atoms with E-state index in [1.165, 1.54) is 24.3 Å². The smallest absolute Gasteiger partial charge is 0.281 e. The molecule has 0 saturated heterocycles. The van der Waals surface area contributed by atoms with Gasteiger partial charge >= 0.3 is 0 Å². The van der Waals surface area contributed by atoms with Crippen LogP contribution in [0.3, 0.4) is 0 Å². The summed E-state index contributed by atoms with van der Waals surface area (Å²) in [4.78, 5) is 20.6. The number of phenolic OH excluding ortho intramolecular Hbond substituents is 1. The van der Waals surface area contributed by atoms with Crippen LogP contribution in [0, 0.1) is 20.2 Å². The van der Waals surface area contributed by atoms with Crippen LogP contribution in [-0.4, -0.2) is 15.0 Å². The molecule has 0 amide bonds. The molecule has 0 aliphatic carbocycles. The number of hydrogen-bond donors (Lipinski definition) is 1. The summed E-state index contributed by atoms with van der Waals surface area (Å²) in [6.45, 7) is 0. The molecule has 0 heterocycles. The second kappa shape index (κ2) is 6.32. The van der Waals surface area contributed by atoms with Crippen molar-refractivity contribution in [3.63, 3.8) is 0 Å². The van der Waals surface area contributed by atoms with E-state index in [2.05, 4.69) is 10.2 Å². The van der Waals surface area contributed by atoms with Gasteiger partial charge in [-0.1, -0.05) is 18.2 Å². The molecule has 9 heteroatoms. The van der Waals surface area contributed by atoms with Gasteiger partial charge in [-0.15, -0.1) is 5.11 Å². The molecule has 0 saturated carbocycles. The summed E-state index contributed by atoms with van der Waals surface area (Å²) in [5, 5.41) is 40.4. The van der Waals surface area contributed by atoms with E-state index in [1.807, 2.05) is 0 Å². The van der Waals surface area contributed by atoms with Crippen molar-refractivity contribution < 1.29 is 15.0 Å². The molecule has 0 fully saturated rings. The fourth-order valence-electron chi connectivity index (χ4n) is 2.33. The number of nitro benzene ring substituents is 2. The topological polar surface area (TPSA) is 131 Å². The zero-order valence-corrected chi connectivity index (χ0v) is 12.6. The maximum atomic E-state index is 11.1. The number of benzene rings is 3. The lowest BCUT2D eigenvalue weighted by Crippen LogP contribution is -1.90. The molecule has 0 spiro atoms. The molecule has 0 atom stereocenters. The Labute approximate surface area is 140 Å². The van der Waals surface area contributed by atoms with Crippen LogP contribution < -0.4 is 0 Å². The molecule has 25 heavy (non-hydrogen) atoms. The van der Waals surface area contributed by atoms with Crippen molar-refractivity contribution in [2.45, 2.75) is 0 Å². The van der Waals surface area contributed by atoms with Gasteiger partial charge in [0.15, 0.2) is 5.75 Å².